The second-order valence-electron chi connectivity index (χ2n) is 14.0. The highest BCUT2D eigenvalue weighted by Crippen LogP contribution is 2.65. The summed E-state index contributed by atoms with van der Waals surface area (Å²) in [6, 6.07) is 5.66. The molecule has 6 N–H and O–H groups in total. The Morgan fingerprint density at radius 3 is 2.18 bits per heavy atom. The smallest absolute Gasteiger partial charge is 0.326 e. The second kappa shape index (κ2) is 15.8. The number of thioether (sulfide) groups is 1. The first-order valence-electron chi connectivity index (χ1n) is 16.9. The topological polar surface area (TPSA) is 191 Å². The molecule has 1 saturated carbocycles. The molecular weight excluding hydrogens is 660 g/mol. The third-order valence-electron chi connectivity index (χ3n) is 9.77. The number of nitrogens with one attached hydrogen (secondary N) is 4. The van der Waals surface area contributed by atoms with Crippen molar-refractivity contribution >= 4 is 47.1 Å². The van der Waals surface area contributed by atoms with Gasteiger partial charge in [0.05, 0.1) is 6.54 Å². The van der Waals surface area contributed by atoms with Crippen LogP contribution in [0, 0.1) is 11.3 Å². The number of rotatable bonds is 16. The lowest BCUT2D eigenvalue weighted by Crippen LogP contribution is -2.55. The third-order valence-corrected chi connectivity index (χ3v) is 10.8. The van der Waals surface area contributed by atoms with E-state index >= 15 is 0 Å². The summed E-state index contributed by atoms with van der Waals surface area (Å²) in [5.74, 6) is -3.17. The Morgan fingerprint density at radius 2 is 1.60 bits per heavy atom. The zero-order valence-electron chi connectivity index (χ0n) is 29.5. The quantitative estimate of drug-likeness (QED) is 0.150. The number of aliphatic hydroxyl groups is 1. The van der Waals surface area contributed by atoms with Crippen LogP contribution in [0.1, 0.15) is 66.4 Å². The van der Waals surface area contributed by atoms with Crippen LogP contribution in [0.4, 0.5) is 0 Å². The van der Waals surface area contributed by atoms with Crippen LogP contribution >= 0.6 is 11.8 Å². The number of ketones is 1. The van der Waals surface area contributed by atoms with Crippen molar-refractivity contribution in [3.05, 3.63) is 69.8 Å². The summed E-state index contributed by atoms with van der Waals surface area (Å²) in [6.07, 6.45) is 3.60. The summed E-state index contributed by atoms with van der Waals surface area (Å²) in [4.78, 5) is 76.5. The van der Waals surface area contributed by atoms with Crippen LogP contribution in [-0.2, 0) is 35.2 Å². The number of carbonyl (C=O) groups excluding carboxylic acids is 5. The summed E-state index contributed by atoms with van der Waals surface area (Å²) in [5, 5.41) is 31.2. The van der Waals surface area contributed by atoms with Gasteiger partial charge in [0.25, 0.3) is 0 Å². The van der Waals surface area contributed by atoms with Gasteiger partial charge in [-0.3, -0.25) is 24.0 Å². The summed E-state index contributed by atoms with van der Waals surface area (Å²) in [6.45, 7) is 10.0. The highest BCUT2D eigenvalue weighted by atomic mass is 32.2. The zero-order chi connectivity index (χ0) is 37.0. The maximum atomic E-state index is 13.3. The van der Waals surface area contributed by atoms with E-state index in [1.165, 1.54) is 18.7 Å². The predicted octanol–water partition coefficient (Wildman–Crippen LogP) is 2.37. The molecule has 0 bridgehead atoms. The molecule has 13 heteroatoms. The number of carboxylic acid groups (broad SMARTS) is 1. The fraction of sp³-hybridized carbons (Fsp3) is 0.514. The molecule has 0 aliphatic heterocycles. The lowest BCUT2D eigenvalue weighted by molar-refractivity contribution is -0.142. The van der Waals surface area contributed by atoms with Crippen LogP contribution < -0.4 is 21.3 Å². The molecule has 1 spiro atoms. The number of amides is 4. The molecule has 1 aromatic carbocycles. The first-order chi connectivity index (χ1) is 23.5. The lowest BCUT2D eigenvalue weighted by Gasteiger charge is -2.39. The Bertz CT molecular complexity index is 1640. The number of benzene rings is 1. The predicted molar refractivity (Wildman–Crippen MR) is 190 cm³/mol. The number of allylic oxidation sites excluding steroid dienone is 3. The van der Waals surface area contributed by atoms with E-state index < -0.39 is 65.3 Å². The Hall–Kier alpha value is -4.23. The molecule has 4 rings (SSSR count). The van der Waals surface area contributed by atoms with Crippen molar-refractivity contribution in [2.45, 2.75) is 91.0 Å². The Labute approximate surface area is 297 Å². The minimum atomic E-state index is -1.45. The van der Waals surface area contributed by atoms with Crippen molar-refractivity contribution in [3.8, 4) is 0 Å². The van der Waals surface area contributed by atoms with Gasteiger partial charge in [0.1, 0.15) is 23.7 Å². The molecule has 3 aliphatic rings. The summed E-state index contributed by atoms with van der Waals surface area (Å²) < 4.78 is 0. The van der Waals surface area contributed by atoms with E-state index in [0.717, 1.165) is 40.7 Å². The molecule has 0 radical (unpaired) electrons. The van der Waals surface area contributed by atoms with Crippen molar-refractivity contribution in [1.82, 2.24) is 21.3 Å². The number of fused-ring (bicyclic) bond motifs is 1. The summed E-state index contributed by atoms with van der Waals surface area (Å²) in [5.41, 5.74) is 2.99. The highest BCUT2D eigenvalue weighted by Gasteiger charge is 2.65. The van der Waals surface area contributed by atoms with Gasteiger partial charge >= 0.3 is 5.97 Å². The molecule has 270 valence electrons. The first-order valence-corrected chi connectivity index (χ1v) is 18.0. The summed E-state index contributed by atoms with van der Waals surface area (Å²) in [7, 11) is 0. The van der Waals surface area contributed by atoms with Crippen molar-refractivity contribution < 1.29 is 39.0 Å². The Kier molecular flexibility index (Phi) is 12.2. The van der Waals surface area contributed by atoms with Gasteiger partial charge in [-0.15, -0.1) is 0 Å². The fourth-order valence-corrected chi connectivity index (χ4v) is 8.03. The van der Waals surface area contributed by atoms with Gasteiger partial charge in [-0.25, -0.2) is 4.79 Å². The number of hydrogen-bond acceptors (Lipinski definition) is 8. The van der Waals surface area contributed by atoms with Crippen LogP contribution in [0.2, 0.25) is 0 Å². The number of carbonyl (C=O) groups is 6. The van der Waals surface area contributed by atoms with Gasteiger partial charge in [0.2, 0.25) is 23.6 Å². The van der Waals surface area contributed by atoms with E-state index in [0.29, 0.717) is 11.3 Å². The van der Waals surface area contributed by atoms with Crippen LogP contribution in [0.3, 0.4) is 0 Å². The Balaban J connectivity index is 1.34. The zero-order valence-corrected chi connectivity index (χ0v) is 30.3. The van der Waals surface area contributed by atoms with Gasteiger partial charge in [-0.2, -0.15) is 11.8 Å². The van der Waals surface area contributed by atoms with E-state index in [1.54, 1.807) is 37.3 Å². The van der Waals surface area contributed by atoms with Crippen molar-refractivity contribution in [2.24, 2.45) is 11.3 Å². The minimum absolute atomic E-state index is 0.0154. The van der Waals surface area contributed by atoms with Crippen molar-refractivity contribution in [1.29, 1.82) is 0 Å². The SMILES string of the molecule is CC(=O)N[C@H](CSCC1=C(C)C=C2C(=O)[C@](C)(O)C3(CC3)C(C)=C21)C(=O)NCC(=O)N[C@@H](CC(C)C)C(=O)N[C@@H](Cc1ccccc1)C(=O)O. The van der Waals surface area contributed by atoms with E-state index in [1.807, 2.05) is 33.8 Å². The molecular formula is C37H48N4O8S. The maximum absolute atomic E-state index is 13.3. The van der Waals surface area contributed by atoms with Crippen LogP contribution in [0.15, 0.2) is 64.3 Å². The monoisotopic (exact) mass is 708 g/mol. The maximum Gasteiger partial charge on any atom is 0.326 e. The molecule has 1 aromatic rings. The Morgan fingerprint density at radius 1 is 0.940 bits per heavy atom. The third kappa shape index (κ3) is 8.55. The van der Waals surface area contributed by atoms with Crippen molar-refractivity contribution in [3.63, 3.8) is 0 Å². The van der Waals surface area contributed by atoms with Gasteiger partial charge < -0.3 is 31.5 Å². The van der Waals surface area contributed by atoms with Gasteiger partial charge in [-0.05, 0) is 74.3 Å². The molecule has 1 fully saturated rings. The second-order valence-corrected chi connectivity index (χ2v) is 15.1. The van der Waals surface area contributed by atoms with E-state index in [2.05, 4.69) is 21.3 Å². The van der Waals surface area contributed by atoms with Gasteiger partial charge in [0, 0.05) is 35.8 Å². The number of aliphatic carboxylic acids is 1. The van der Waals surface area contributed by atoms with Crippen LogP contribution in [0.25, 0.3) is 0 Å². The summed E-state index contributed by atoms with van der Waals surface area (Å²) >= 11 is 1.40. The van der Waals surface area contributed by atoms with Gasteiger partial charge in [0.15, 0.2) is 5.78 Å². The fourth-order valence-electron chi connectivity index (χ4n) is 6.87. The first kappa shape index (κ1) is 38.6. The largest absolute Gasteiger partial charge is 0.480 e. The number of hydrogen-bond donors (Lipinski definition) is 6. The van der Waals surface area contributed by atoms with Gasteiger partial charge in [-0.1, -0.05) is 49.8 Å². The highest BCUT2D eigenvalue weighted by molar-refractivity contribution is 7.99. The van der Waals surface area contributed by atoms with Crippen LogP contribution in [0.5, 0.6) is 0 Å². The minimum Gasteiger partial charge on any atom is -0.480 e. The molecule has 4 atom stereocenters. The average molecular weight is 709 g/mol. The van der Waals surface area contributed by atoms with Crippen molar-refractivity contribution in [2.75, 3.05) is 18.1 Å². The lowest BCUT2D eigenvalue weighted by atomic mass is 9.67. The molecule has 4 amide bonds. The molecule has 0 unspecified atom stereocenters. The van der Waals surface area contributed by atoms with E-state index in [-0.39, 0.29) is 30.3 Å². The standard InChI is InChI=1S/C37H48N4O8S/c1-20(2)14-27(34(46)41-28(35(47)48)16-24-10-8-7-9-11-24)40-30(43)17-38-33(45)29(39-23(5)42)19-50-18-26-21(3)15-25-31(26)22(4)37(12-13-37)36(6,49)32(25)44/h7-11,15,20,27-29,49H,12-14,16-19H2,1-6H3,(H,38,45)(H,39,42)(H,40,43)(H,41,46)(H,47,48)/t27-,28-,29+,36-/m0/s1. The van der Waals surface area contributed by atoms with Crippen LogP contribution in [-0.4, -0.2) is 87.4 Å². The molecule has 0 heterocycles. The number of carboxylic acids is 1. The van der Waals surface area contributed by atoms with E-state index in [4.69, 9.17) is 0 Å². The molecule has 50 heavy (non-hydrogen) atoms. The molecule has 12 nitrogen and oxygen atoms in total. The molecule has 0 saturated heterocycles. The number of Topliss-reactive ketones (excluding diaryl/α,β-unsaturated/α-hetero) is 1. The van der Waals surface area contributed by atoms with E-state index in [9.17, 15) is 39.0 Å². The molecule has 0 aromatic heterocycles. The normalized spacial score (nSPS) is 20.9. The average Bonchev–Trinajstić information content (AvgIpc) is 3.80. The molecule has 3 aliphatic carbocycles.